The van der Waals surface area contributed by atoms with Gasteiger partial charge in [0, 0.05) is 11.1 Å². The fraction of sp³-hybridized carbons (Fsp3) is 0.462. The molecule has 0 saturated heterocycles. The highest BCUT2D eigenvalue weighted by Crippen LogP contribution is 2.29. The summed E-state index contributed by atoms with van der Waals surface area (Å²) < 4.78 is 0. The molecule has 2 atom stereocenters. The zero-order chi connectivity index (χ0) is 11.5. The highest BCUT2D eigenvalue weighted by Gasteiger charge is 2.21. The minimum Gasteiger partial charge on any atom is -0.381 e. The van der Waals surface area contributed by atoms with Crippen molar-refractivity contribution in [3.05, 3.63) is 28.8 Å². The summed E-state index contributed by atoms with van der Waals surface area (Å²) in [6.45, 7) is 2.27. The molecule has 1 N–H and O–H groups in total. The summed E-state index contributed by atoms with van der Waals surface area (Å²) in [5, 5.41) is 13.1. The van der Waals surface area contributed by atoms with Crippen molar-refractivity contribution in [1.29, 1.82) is 5.26 Å². The van der Waals surface area contributed by atoms with Gasteiger partial charge in [-0.2, -0.15) is 5.26 Å². The third kappa shape index (κ3) is 2.48. The van der Waals surface area contributed by atoms with Crippen LogP contribution >= 0.6 is 11.6 Å². The number of hydrogen-bond donors (Lipinski definition) is 1. The van der Waals surface area contributed by atoms with Gasteiger partial charge < -0.3 is 5.32 Å². The van der Waals surface area contributed by atoms with E-state index in [0.29, 0.717) is 16.6 Å². The second-order valence-electron chi connectivity index (χ2n) is 4.56. The molecule has 2 unspecified atom stereocenters. The van der Waals surface area contributed by atoms with Crippen molar-refractivity contribution in [2.24, 2.45) is 5.92 Å². The Morgan fingerprint density at radius 1 is 1.44 bits per heavy atom. The number of nitriles is 1. The van der Waals surface area contributed by atoms with E-state index in [-0.39, 0.29) is 0 Å². The van der Waals surface area contributed by atoms with Crippen LogP contribution in [0.2, 0.25) is 5.02 Å². The molecule has 16 heavy (non-hydrogen) atoms. The van der Waals surface area contributed by atoms with Crippen LogP contribution in [0.15, 0.2) is 18.2 Å². The van der Waals surface area contributed by atoms with Crippen molar-refractivity contribution in [1.82, 2.24) is 0 Å². The van der Waals surface area contributed by atoms with Gasteiger partial charge in [-0.05, 0) is 43.4 Å². The first-order valence-electron chi connectivity index (χ1n) is 5.65. The molecule has 0 aromatic heterocycles. The number of nitrogens with one attached hydrogen (secondary N) is 1. The van der Waals surface area contributed by atoms with Gasteiger partial charge >= 0.3 is 0 Å². The van der Waals surface area contributed by atoms with E-state index in [2.05, 4.69) is 18.3 Å². The van der Waals surface area contributed by atoms with Crippen LogP contribution in [0.3, 0.4) is 0 Å². The van der Waals surface area contributed by atoms with E-state index >= 15 is 0 Å². The van der Waals surface area contributed by atoms with Gasteiger partial charge in [0.25, 0.3) is 0 Å². The van der Waals surface area contributed by atoms with Crippen LogP contribution in [0, 0.1) is 17.2 Å². The van der Waals surface area contributed by atoms with E-state index in [9.17, 15) is 0 Å². The minimum atomic E-state index is 0.503. The van der Waals surface area contributed by atoms with Crippen molar-refractivity contribution in [3.8, 4) is 6.07 Å². The lowest BCUT2D eigenvalue weighted by Gasteiger charge is -2.15. The average molecular weight is 235 g/mol. The smallest absolute Gasteiger partial charge is 0.101 e. The Morgan fingerprint density at radius 2 is 2.25 bits per heavy atom. The molecule has 1 aliphatic rings. The maximum Gasteiger partial charge on any atom is 0.101 e. The van der Waals surface area contributed by atoms with Gasteiger partial charge in [-0.1, -0.05) is 18.5 Å². The Bertz CT molecular complexity index is 422. The molecule has 84 valence electrons. The van der Waals surface area contributed by atoms with Crippen LogP contribution in [0.25, 0.3) is 0 Å². The van der Waals surface area contributed by atoms with Crippen molar-refractivity contribution < 1.29 is 0 Å². The maximum atomic E-state index is 9.02. The van der Waals surface area contributed by atoms with Gasteiger partial charge in [0.2, 0.25) is 0 Å². The summed E-state index contributed by atoms with van der Waals surface area (Å²) in [6.07, 6.45) is 3.65. The molecule has 3 heteroatoms. The van der Waals surface area contributed by atoms with E-state index in [1.807, 2.05) is 12.1 Å². The topological polar surface area (TPSA) is 35.8 Å². The second-order valence-corrected chi connectivity index (χ2v) is 5.00. The first-order valence-corrected chi connectivity index (χ1v) is 6.03. The Balaban J connectivity index is 2.12. The first-order chi connectivity index (χ1) is 7.69. The van der Waals surface area contributed by atoms with Gasteiger partial charge in [0.15, 0.2) is 0 Å². The fourth-order valence-electron chi connectivity index (χ4n) is 2.29. The monoisotopic (exact) mass is 234 g/mol. The molecule has 0 aliphatic heterocycles. The molecular formula is C13H15ClN2. The van der Waals surface area contributed by atoms with Crippen LogP contribution in [0.1, 0.15) is 31.7 Å². The van der Waals surface area contributed by atoms with E-state index in [1.54, 1.807) is 6.07 Å². The molecule has 1 saturated carbocycles. The summed E-state index contributed by atoms with van der Waals surface area (Å²) >= 11 is 5.86. The predicted molar refractivity (Wildman–Crippen MR) is 66.6 cm³/mol. The molecule has 0 spiro atoms. The molecule has 1 aromatic carbocycles. The lowest BCUT2D eigenvalue weighted by Crippen LogP contribution is -2.16. The zero-order valence-corrected chi connectivity index (χ0v) is 10.1. The van der Waals surface area contributed by atoms with E-state index in [0.717, 1.165) is 11.6 Å². The fourth-order valence-corrected chi connectivity index (χ4v) is 2.47. The summed E-state index contributed by atoms with van der Waals surface area (Å²) in [5.41, 5.74) is 1.54. The summed E-state index contributed by atoms with van der Waals surface area (Å²) in [5.74, 6) is 0.787. The van der Waals surface area contributed by atoms with Crippen molar-refractivity contribution in [2.45, 2.75) is 32.2 Å². The van der Waals surface area contributed by atoms with Gasteiger partial charge in [-0.15, -0.1) is 0 Å². The quantitative estimate of drug-likeness (QED) is 0.845. The lowest BCUT2D eigenvalue weighted by atomic mass is 10.1. The van der Waals surface area contributed by atoms with E-state index < -0.39 is 0 Å². The van der Waals surface area contributed by atoms with Crippen LogP contribution in [0.5, 0.6) is 0 Å². The molecule has 0 radical (unpaired) electrons. The largest absolute Gasteiger partial charge is 0.381 e. The van der Waals surface area contributed by atoms with Crippen molar-refractivity contribution in [3.63, 3.8) is 0 Å². The standard InChI is InChI=1S/C13H15ClN2/c1-9-2-4-12(6-9)16-13-5-3-11(14)7-10(13)8-15/h3,5,7,9,12,16H,2,4,6H2,1H3. The molecule has 0 bridgehead atoms. The molecule has 0 heterocycles. The molecule has 2 rings (SSSR count). The molecule has 2 nitrogen and oxygen atoms in total. The molecule has 1 fully saturated rings. The Hall–Kier alpha value is -1.20. The van der Waals surface area contributed by atoms with Crippen LogP contribution in [-0.2, 0) is 0 Å². The van der Waals surface area contributed by atoms with Gasteiger partial charge in [0.1, 0.15) is 6.07 Å². The Kier molecular flexibility index (Phi) is 3.36. The molecular weight excluding hydrogens is 220 g/mol. The summed E-state index contributed by atoms with van der Waals surface area (Å²) in [6, 6.07) is 8.10. The minimum absolute atomic E-state index is 0.503. The van der Waals surface area contributed by atoms with E-state index in [4.69, 9.17) is 16.9 Å². The molecule has 0 amide bonds. The first kappa shape index (κ1) is 11.3. The third-order valence-corrected chi connectivity index (χ3v) is 3.39. The number of anilines is 1. The van der Waals surface area contributed by atoms with Crippen LogP contribution < -0.4 is 5.32 Å². The van der Waals surface area contributed by atoms with Crippen LogP contribution in [-0.4, -0.2) is 6.04 Å². The second kappa shape index (κ2) is 4.76. The maximum absolute atomic E-state index is 9.02. The van der Waals surface area contributed by atoms with Gasteiger partial charge in [-0.3, -0.25) is 0 Å². The van der Waals surface area contributed by atoms with Gasteiger partial charge in [-0.25, -0.2) is 0 Å². The SMILES string of the molecule is CC1CCC(Nc2ccc(Cl)cc2C#N)C1. The van der Waals surface area contributed by atoms with Crippen LogP contribution in [0.4, 0.5) is 5.69 Å². The number of nitrogens with zero attached hydrogens (tertiary/aromatic N) is 1. The summed E-state index contributed by atoms with van der Waals surface area (Å²) in [7, 11) is 0. The third-order valence-electron chi connectivity index (χ3n) is 3.16. The van der Waals surface area contributed by atoms with Gasteiger partial charge in [0.05, 0.1) is 11.3 Å². The number of halogens is 1. The molecule has 1 aliphatic carbocycles. The average Bonchev–Trinajstić information content (AvgIpc) is 2.67. The predicted octanol–water partition coefficient (Wildman–Crippen LogP) is 3.81. The lowest BCUT2D eigenvalue weighted by molar-refractivity contribution is 0.602. The Labute approximate surface area is 101 Å². The zero-order valence-electron chi connectivity index (χ0n) is 9.33. The van der Waals surface area contributed by atoms with Crippen molar-refractivity contribution >= 4 is 17.3 Å². The highest BCUT2D eigenvalue weighted by molar-refractivity contribution is 6.30. The summed E-state index contributed by atoms with van der Waals surface area (Å²) in [4.78, 5) is 0. The molecule has 1 aromatic rings. The van der Waals surface area contributed by atoms with Crippen molar-refractivity contribution in [2.75, 3.05) is 5.32 Å². The Morgan fingerprint density at radius 3 is 2.88 bits per heavy atom. The number of benzene rings is 1. The number of rotatable bonds is 2. The van der Waals surface area contributed by atoms with E-state index in [1.165, 1.54) is 19.3 Å². The normalized spacial score (nSPS) is 24.1. The highest BCUT2D eigenvalue weighted by atomic mass is 35.5. The number of hydrogen-bond acceptors (Lipinski definition) is 2.